The molecule has 15 heavy (non-hydrogen) atoms. The van der Waals surface area contributed by atoms with Crippen molar-refractivity contribution in [3.63, 3.8) is 0 Å². The summed E-state index contributed by atoms with van der Waals surface area (Å²) in [5.74, 6) is -1.30. The third-order valence-electron chi connectivity index (χ3n) is 1.88. The van der Waals surface area contributed by atoms with Gasteiger partial charge in [0.05, 0.1) is 6.42 Å². The topological polar surface area (TPSA) is 63.3 Å². The minimum absolute atomic E-state index is 0. The largest absolute Gasteiger partial charge is 0.481 e. The summed E-state index contributed by atoms with van der Waals surface area (Å²) in [6, 6.07) is 5.69. The molecule has 0 aliphatic carbocycles. The van der Waals surface area contributed by atoms with Gasteiger partial charge in [-0.15, -0.1) is 12.4 Å². The highest BCUT2D eigenvalue weighted by Gasteiger charge is 2.10. The van der Waals surface area contributed by atoms with E-state index in [1.54, 1.807) is 18.2 Å². The molecule has 1 rings (SSSR count). The molecule has 0 amide bonds. The van der Waals surface area contributed by atoms with Gasteiger partial charge in [0.15, 0.2) is 0 Å². The molecule has 0 saturated carbocycles. The molecule has 0 saturated heterocycles. The number of carboxylic acid groups (broad SMARTS) is 1. The Morgan fingerprint density at radius 3 is 2.60 bits per heavy atom. The summed E-state index contributed by atoms with van der Waals surface area (Å²) in [6.45, 7) is 0. The molecule has 0 bridgehead atoms. The third kappa shape index (κ3) is 4.76. The second-order valence-electron chi connectivity index (χ2n) is 3.15. The van der Waals surface area contributed by atoms with Crippen molar-refractivity contribution in [2.24, 2.45) is 5.73 Å². The molecule has 1 aromatic carbocycles. The molecule has 0 heterocycles. The Hall–Kier alpha value is -1.13. The summed E-state index contributed by atoms with van der Waals surface area (Å²) in [7, 11) is 0. The van der Waals surface area contributed by atoms with Gasteiger partial charge < -0.3 is 10.8 Å². The van der Waals surface area contributed by atoms with E-state index in [2.05, 4.69) is 0 Å². The number of carboxylic acids is 1. The molecule has 0 radical (unpaired) electrons. The SMILES string of the molecule is Cl.N[C@H](CC(=O)O)Cc1ccccc1F. The van der Waals surface area contributed by atoms with Gasteiger partial charge in [0.25, 0.3) is 0 Å². The van der Waals surface area contributed by atoms with Crippen LogP contribution in [-0.2, 0) is 11.2 Å². The van der Waals surface area contributed by atoms with Crippen LogP contribution in [0.1, 0.15) is 12.0 Å². The van der Waals surface area contributed by atoms with Crippen LogP contribution in [0.2, 0.25) is 0 Å². The van der Waals surface area contributed by atoms with E-state index in [0.29, 0.717) is 5.56 Å². The monoisotopic (exact) mass is 233 g/mol. The first-order valence-electron chi connectivity index (χ1n) is 4.30. The van der Waals surface area contributed by atoms with Crippen molar-refractivity contribution in [1.82, 2.24) is 0 Å². The lowest BCUT2D eigenvalue weighted by atomic mass is 10.0. The zero-order valence-electron chi connectivity index (χ0n) is 8.02. The third-order valence-corrected chi connectivity index (χ3v) is 1.88. The molecule has 0 aromatic heterocycles. The molecule has 5 heteroatoms. The van der Waals surface area contributed by atoms with Crippen LogP contribution in [0.3, 0.4) is 0 Å². The zero-order chi connectivity index (χ0) is 10.6. The fourth-order valence-corrected chi connectivity index (χ4v) is 1.24. The van der Waals surface area contributed by atoms with Gasteiger partial charge in [-0.2, -0.15) is 0 Å². The number of halogens is 2. The molecule has 0 unspecified atom stereocenters. The summed E-state index contributed by atoms with van der Waals surface area (Å²) >= 11 is 0. The van der Waals surface area contributed by atoms with Crippen LogP contribution in [0.5, 0.6) is 0 Å². The lowest BCUT2D eigenvalue weighted by Gasteiger charge is -2.09. The van der Waals surface area contributed by atoms with Crippen molar-refractivity contribution >= 4 is 18.4 Å². The first-order chi connectivity index (χ1) is 6.59. The lowest BCUT2D eigenvalue weighted by molar-refractivity contribution is -0.137. The Morgan fingerprint density at radius 1 is 1.47 bits per heavy atom. The van der Waals surface area contributed by atoms with E-state index < -0.39 is 12.0 Å². The van der Waals surface area contributed by atoms with Crippen molar-refractivity contribution < 1.29 is 14.3 Å². The van der Waals surface area contributed by atoms with Gasteiger partial charge in [-0.25, -0.2) is 4.39 Å². The Balaban J connectivity index is 0.00000196. The fourth-order valence-electron chi connectivity index (χ4n) is 1.24. The highest BCUT2D eigenvalue weighted by atomic mass is 35.5. The average molecular weight is 234 g/mol. The fraction of sp³-hybridized carbons (Fsp3) is 0.300. The molecular weight excluding hydrogens is 221 g/mol. The molecule has 0 aliphatic heterocycles. The summed E-state index contributed by atoms with van der Waals surface area (Å²) in [6.07, 6.45) is 0.104. The maximum Gasteiger partial charge on any atom is 0.304 e. The number of hydrogen-bond donors (Lipinski definition) is 2. The van der Waals surface area contributed by atoms with Gasteiger partial charge in [-0.1, -0.05) is 18.2 Å². The maximum absolute atomic E-state index is 13.1. The van der Waals surface area contributed by atoms with E-state index in [-0.39, 0.29) is 31.1 Å². The van der Waals surface area contributed by atoms with Gasteiger partial charge in [-0.3, -0.25) is 4.79 Å². The molecular formula is C10H13ClFNO2. The Bertz CT molecular complexity index is 333. The Labute approximate surface area is 93.5 Å². The van der Waals surface area contributed by atoms with E-state index >= 15 is 0 Å². The summed E-state index contributed by atoms with van der Waals surface area (Å²) in [5, 5.41) is 8.46. The predicted molar refractivity (Wildman–Crippen MR) is 57.6 cm³/mol. The predicted octanol–water partition coefficient (Wildman–Crippen LogP) is 1.59. The molecule has 0 aliphatic rings. The van der Waals surface area contributed by atoms with Crippen molar-refractivity contribution in [1.29, 1.82) is 0 Å². The van der Waals surface area contributed by atoms with Crippen LogP contribution in [0, 0.1) is 5.82 Å². The lowest BCUT2D eigenvalue weighted by Crippen LogP contribution is -2.26. The first-order valence-corrected chi connectivity index (χ1v) is 4.30. The van der Waals surface area contributed by atoms with Crippen LogP contribution < -0.4 is 5.73 Å². The quantitative estimate of drug-likeness (QED) is 0.830. The normalized spacial score (nSPS) is 11.6. The summed E-state index contributed by atoms with van der Waals surface area (Å²) in [4.78, 5) is 10.3. The van der Waals surface area contributed by atoms with E-state index in [9.17, 15) is 9.18 Å². The van der Waals surface area contributed by atoms with Gasteiger partial charge in [0.2, 0.25) is 0 Å². The molecule has 1 aromatic rings. The second kappa shape index (κ2) is 6.37. The number of hydrogen-bond acceptors (Lipinski definition) is 2. The van der Waals surface area contributed by atoms with Crippen molar-refractivity contribution in [2.75, 3.05) is 0 Å². The Morgan fingerprint density at radius 2 is 2.07 bits per heavy atom. The molecule has 0 fully saturated rings. The van der Waals surface area contributed by atoms with Crippen molar-refractivity contribution in [3.05, 3.63) is 35.6 Å². The van der Waals surface area contributed by atoms with Crippen LogP contribution in [-0.4, -0.2) is 17.1 Å². The molecule has 3 nitrogen and oxygen atoms in total. The number of carbonyl (C=O) groups is 1. The summed E-state index contributed by atoms with van der Waals surface area (Å²) in [5.41, 5.74) is 5.99. The standard InChI is InChI=1S/C10H12FNO2.ClH/c11-9-4-2-1-3-7(9)5-8(12)6-10(13)14;/h1-4,8H,5-6,12H2,(H,13,14);1H/t8-;/m0./s1. The van der Waals surface area contributed by atoms with Gasteiger partial charge >= 0.3 is 5.97 Å². The van der Waals surface area contributed by atoms with Crippen LogP contribution >= 0.6 is 12.4 Å². The van der Waals surface area contributed by atoms with Crippen LogP contribution in [0.25, 0.3) is 0 Å². The summed E-state index contributed by atoms with van der Waals surface area (Å²) < 4.78 is 13.1. The number of aliphatic carboxylic acids is 1. The minimum atomic E-state index is -0.964. The van der Waals surface area contributed by atoms with E-state index in [4.69, 9.17) is 10.8 Å². The molecule has 84 valence electrons. The average Bonchev–Trinajstić information content (AvgIpc) is 2.07. The minimum Gasteiger partial charge on any atom is -0.481 e. The number of benzene rings is 1. The Kier molecular flexibility index (Phi) is 5.89. The first kappa shape index (κ1) is 13.9. The van der Waals surface area contributed by atoms with Gasteiger partial charge in [-0.05, 0) is 18.1 Å². The van der Waals surface area contributed by atoms with E-state index in [0.717, 1.165) is 0 Å². The molecule has 0 spiro atoms. The maximum atomic E-state index is 13.1. The van der Waals surface area contributed by atoms with Crippen molar-refractivity contribution in [2.45, 2.75) is 18.9 Å². The van der Waals surface area contributed by atoms with E-state index in [1.807, 2.05) is 0 Å². The highest BCUT2D eigenvalue weighted by Crippen LogP contribution is 2.09. The zero-order valence-corrected chi connectivity index (χ0v) is 8.84. The smallest absolute Gasteiger partial charge is 0.304 e. The van der Waals surface area contributed by atoms with Gasteiger partial charge in [0, 0.05) is 6.04 Å². The number of nitrogens with two attached hydrogens (primary N) is 1. The second-order valence-corrected chi connectivity index (χ2v) is 3.15. The van der Waals surface area contributed by atoms with Crippen LogP contribution in [0.15, 0.2) is 24.3 Å². The highest BCUT2D eigenvalue weighted by molar-refractivity contribution is 5.85. The van der Waals surface area contributed by atoms with E-state index in [1.165, 1.54) is 6.07 Å². The van der Waals surface area contributed by atoms with Crippen LogP contribution in [0.4, 0.5) is 4.39 Å². The van der Waals surface area contributed by atoms with Crippen molar-refractivity contribution in [3.8, 4) is 0 Å². The number of rotatable bonds is 4. The molecule has 1 atom stereocenters. The van der Waals surface area contributed by atoms with Gasteiger partial charge in [0.1, 0.15) is 5.82 Å². The molecule has 3 N–H and O–H groups in total.